The molecule has 0 aromatic heterocycles. The van der Waals surface area contributed by atoms with E-state index in [2.05, 4.69) is 5.32 Å². The van der Waals surface area contributed by atoms with E-state index in [4.69, 9.17) is 9.47 Å². The first-order chi connectivity index (χ1) is 15.7. The summed E-state index contributed by atoms with van der Waals surface area (Å²) in [6.07, 6.45) is 0.928. The molecule has 1 saturated heterocycles. The minimum absolute atomic E-state index is 0.0568. The lowest BCUT2D eigenvalue weighted by Crippen LogP contribution is -2.58. The van der Waals surface area contributed by atoms with Crippen molar-refractivity contribution in [2.45, 2.75) is 64.8 Å². The second-order valence-electron chi connectivity index (χ2n) is 8.69. The number of carbonyl (C=O) groups excluding carboxylic acids is 4. The van der Waals surface area contributed by atoms with Gasteiger partial charge in [0.05, 0.1) is 13.2 Å². The third-order valence-electron chi connectivity index (χ3n) is 5.72. The van der Waals surface area contributed by atoms with Crippen LogP contribution in [0.5, 0.6) is 0 Å². The van der Waals surface area contributed by atoms with Gasteiger partial charge in [0.25, 0.3) is 5.91 Å². The Kier molecular flexibility index (Phi) is 9.84. The van der Waals surface area contributed by atoms with Gasteiger partial charge < -0.3 is 19.7 Å². The molecule has 3 amide bonds. The van der Waals surface area contributed by atoms with Crippen LogP contribution >= 0.6 is 0 Å². The maximum atomic E-state index is 13.7. The lowest BCUT2D eigenvalue weighted by Gasteiger charge is -2.35. The van der Waals surface area contributed by atoms with Crippen molar-refractivity contribution in [3.63, 3.8) is 0 Å². The second-order valence-corrected chi connectivity index (χ2v) is 8.69. The van der Waals surface area contributed by atoms with Crippen molar-refractivity contribution < 1.29 is 28.7 Å². The molecule has 1 aliphatic rings. The minimum atomic E-state index is -1.21. The van der Waals surface area contributed by atoms with Crippen molar-refractivity contribution in [2.24, 2.45) is 5.92 Å². The molecule has 33 heavy (non-hydrogen) atoms. The van der Waals surface area contributed by atoms with Crippen LogP contribution < -0.4 is 5.32 Å². The quantitative estimate of drug-likeness (QED) is 0.563. The summed E-state index contributed by atoms with van der Waals surface area (Å²) in [5.41, 5.74) is 0.738. The van der Waals surface area contributed by atoms with Crippen LogP contribution in [-0.4, -0.2) is 72.5 Å². The molecule has 1 N–H and O–H groups in total. The summed E-state index contributed by atoms with van der Waals surface area (Å²) in [6, 6.07) is 6.50. The maximum absolute atomic E-state index is 13.7. The van der Waals surface area contributed by atoms with Crippen LogP contribution in [0.15, 0.2) is 30.3 Å². The first-order valence-electron chi connectivity index (χ1n) is 11.3. The van der Waals surface area contributed by atoms with Crippen LogP contribution in [-0.2, 0) is 30.5 Å². The zero-order valence-corrected chi connectivity index (χ0v) is 20.1. The van der Waals surface area contributed by atoms with Gasteiger partial charge in [-0.1, -0.05) is 44.2 Å². The topological polar surface area (TPSA) is 105 Å². The highest BCUT2D eigenvalue weighted by molar-refractivity contribution is 6.00. The van der Waals surface area contributed by atoms with Gasteiger partial charge in [-0.2, -0.15) is 0 Å². The number of imide groups is 1. The number of hydrogen-bond donors (Lipinski definition) is 1. The number of carbonyl (C=O) groups is 4. The first kappa shape index (κ1) is 26.3. The van der Waals surface area contributed by atoms with E-state index in [9.17, 15) is 19.2 Å². The van der Waals surface area contributed by atoms with Crippen molar-refractivity contribution >= 4 is 23.9 Å². The van der Waals surface area contributed by atoms with Crippen molar-refractivity contribution in [3.05, 3.63) is 35.9 Å². The summed E-state index contributed by atoms with van der Waals surface area (Å²) in [5, 5.41) is 3.14. The first-order valence-corrected chi connectivity index (χ1v) is 11.3. The largest absolute Gasteiger partial charge is 0.467 e. The van der Waals surface area contributed by atoms with Crippen molar-refractivity contribution in [1.82, 2.24) is 15.1 Å². The number of nitrogens with zero attached hydrogens (tertiary/aromatic N) is 2. The van der Waals surface area contributed by atoms with E-state index in [1.165, 1.54) is 18.9 Å². The van der Waals surface area contributed by atoms with Crippen LogP contribution in [0.1, 0.15) is 45.6 Å². The number of benzene rings is 1. The number of likely N-dealkylation sites (N-methyl/N-ethyl adjacent to an activating group) is 1. The number of hydrogen-bond acceptors (Lipinski definition) is 7. The summed E-state index contributed by atoms with van der Waals surface area (Å²) in [4.78, 5) is 54.1. The molecule has 1 heterocycles. The molecule has 1 aliphatic heterocycles. The van der Waals surface area contributed by atoms with Crippen molar-refractivity contribution in [2.75, 3.05) is 20.7 Å². The summed E-state index contributed by atoms with van der Waals surface area (Å²) >= 11 is 0. The van der Waals surface area contributed by atoms with Gasteiger partial charge in [-0.15, -0.1) is 0 Å². The number of rotatable bonds is 9. The standard InChI is InChI=1S/C24H35N3O6/c1-16(2)14-20(26(4)21(28)19-12-9-13-25-19)22(29)27(17(3)23(30)32-5)24(31)33-15-18-10-7-6-8-11-18/h6-8,10-11,16-17,19-20,25H,9,12-15H2,1-5H3/t17-,19+,20+/m1/s1. The van der Waals surface area contributed by atoms with E-state index in [0.29, 0.717) is 12.8 Å². The van der Waals surface area contributed by atoms with E-state index in [0.717, 1.165) is 23.4 Å². The zero-order valence-electron chi connectivity index (χ0n) is 20.1. The van der Waals surface area contributed by atoms with Crippen LogP contribution in [0.2, 0.25) is 0 Å². The average Bonchev–Trinajstić information content (AvgIpc) is 3.35. The average molecular weight is 462 g/mol. The van der Waals surface area contributed by atoms with Crippen LogP contribution in [0.4, 0.5) is 4.79 Å². The highest BCUT2D eigenvalue weighted by atomic mass is 16.6. The van der Waals surface area contributed by atoms with Crippen LogP contribution in [0.25, 0.3) is 0 Å². The van der Waals surface area contributed by atoms with Crippen LogP contribution in [0.3, 0.4) is 0 Å². The molecule has 0 unspecified atom stereocenters. The number of ether oxygens (including phenoxy) is 2. The molecule has 2 rings (SSSR count). The van der Waals surface area contributed by atoms with Gasteiger partial charge >= 0.3 is 12.1 Å². The van der Waals surface area contributed by atoms with E-state index in [-0.39, 0.29) is 24.5 Å². The summed E-state index contributed by atoms with van der Waals surface area (Å²) in [7, 11) is 2.74. The van der Waals surface area contributed by atoms with Crippen LogP contribution in [0, 0.1) is 5.92 Å². The van der Waals surface area contributed by atoms with E-state index in [1.807, 2.05) is 19.9 Å². The fourth-order valence-corrected chi connectivity index (χ4v) is 3.83. The second kappa shape index (κ2) is 12.3. The molecule has 0 aliphatic carbocycles. The molecule has 3 atom stereocenters. The Morgan fingerprint density at radius 3 is 2.33 bits per heavy atom. The van der Waals surface area contributed by atoms with Gasteiger partial charge in [0, 0.05) is 7.05 Å². The Hall–Kier alpha value is -2.94. The smallest absolute Gasteiger partial charge is 0.417 e. The number of amides is 3. The lowest BCUT2D eigenvalue weighted by atomic mass is 10.00. The Morgan fingerprint density at radius 1 is 1.12 bits per heavy atom. The lowest BCUT2D eigenvalue weighted by molar-refractivity contribution is -0.154. The molecule has 1 fully saturated rings. The number of esters is 1. The molecule has 0 saturated carbocycles. The number of methoxy groups -OCH3 is 1. The predicted octanol–water partition coefficient (Wildman–Crippen LogP) is 2.34. The van der Waals surface area contributed by atoms with E-state index >= 15 is 0 Å². The predicted molar refractivity (Wildman–Crippen MR) is 122 cm³/mol. The number of nitrogens with one attached hydrogen (secondary N) is 1. The molecule has 182 valence electrons. The molecular weight excluding hydrogens is 426 g/mol. The zero-order chi connectivity index (χ0) is 24.5. The van der Waals surface area contributed by atoms with Gasteiger partial charge in [-0.25, -0.2) is 14.5 Å². The Morgan fingerprint density at radius 2 is 1.79 bits per heavy atom. The molecule has 9 heteroatoms. The molecule has 9 nitrogen and oxygen atoms in total. The maximum Gasteiger partial charge on any atom is 0.417 e. The van der Waals surface area contributed by atoms with Gasteiger partial charge in [-0.3, -0.25) is 9.59 Å². The van der Waals surface area contributed by atoms with Gasteiger partial charge in [-0.05, 0) is 44.2 Å². The highest BCUT2D eigenvalue weighted by Crippen LogP contribution is 2.20. The van der Waals surface area contributed by atoms with E-state index in [1.54, 1.807) is 31.3 Å². The molecule has 0 spiro atoms. The molecular formula is C24H35N3O6. The molecule has 0 radical (unpaired) electrons. The van der Waals surface area contributed by atoms with Crippen molar-refractivity contribution in [3.8, 4) is 0 Å². The molecule has 0 bridgehead atoms. The minimum Gasteiger partial charge on any atom is -0.467 e. The van der Waals surface area contributed by atoms with Crippen molar-refractivity contribution in [1.29, 1.82) is 0 Å². The van der Waals surface area contributed by atoms with Gasteiger partial charge in [0.1, 0.15) is 18.7 Å². The van der Waals surface area contributed by atoms with E-state index < -0.39 is 30.1 Å². The van der Waals surface area contributed by atoms with Gasteiger partial charge in [0.2, 0.25) is 5.91 Å². The highest BCUT2D eigenvalue weighted by Gasteiger charge is 2.41. The fraction of sp³-hybridized carbons (Fsp3) is 0.583. The summed E-state index contributed by atoms with van der Waals surface area (Å²) < 4.78 is 10.1. The third-order valence-corrected chi connectivity index (χ3v) is 5.72. The Labute approximate surface area is 195 Å². The Balaban J connectivity index is 2.29. The molecule has 1 aromatic carbocycles. The third kappa shape index (κ3) is 7.02. The Bertz CT molecular complexity index is 823. The SMILES string of the molecule is COC(=O)[C@@H](C)N(C(=O)OCc1ccccc1)C(=O)[C@H](CC(C)C)N(C)C(=O)[C@@H]1CCCN1. The fourth-order valence-electron chi connectivity index (χ4n) is 3.83. The monoisotopic (exact) mass is 461 g/mol. The normalized spacial score (nSPS) is 17.2. The molecule has 1 aromatic rings. The summed E-state index contributed by atoms with van der Waals surface area (Å²) in [5.74, 6) is -1.58. The summed E-state index contributed by atoms with van der Waals surface area (Å²) in [6.45, 7) is 5.93. The van der Waals surface area contributed by atoms with Gasteiger partial charge in [0.15, 0.2) is 0 Å².